The van der Waals surface area contributed by atoms with Crippen molar-refractivity contribution in [1.29, 1.82) is 0 Å². The van der Waals surface area contributed by atoms with Gasteiger partial charge >= 0.3 is 5.97 Å². The molecule has 4 N–H and O–H groups in total. The Hall–Kier alpha value is -3.26. The molecule has 0 saturated heterocycles. The molecule has 0 unspecified atom stereocenters. The maximum atomic E-state index is 13.3. The van der Waals surface area contributed by atoms with E-state index in [2.05, 4.69) is 5.32 Å². The second kappa shape index (κ2) is 9.08. The van der Waals surface area contributed by atoms with Gasteiger partial charge in [0, 0.05) is 39.5 Å². The summed E-state index contributed by atoms with van der Waals surface area (Å²) in [5.41, 5.74) is 0.260. The van der Waals surface area contributed by atoms with Crippen LogP contribution in [0.15, 0.2) is 24.3 Å². The summed E-state index contributed by atoms with van der Waals surface area (Å²) >= 11 is 0. The van der Waals surface area contributed by atoms with E-state index in [1.54, 1.807) is 0 Å². The number of hydrazine groups is 1. The number of carbonyl (C=O) groups excluding carboxylic acids is 3. The summed E-state index contributed by atoms with van der Waals surface area (Å²) in [7, 11) is 0. The molecule has 32 heavy (non-hydrogen) atoms. The van der Waals surface area contributed by atoms with Crippen LogP contribution in [0, 0.1) is 0 Å². The fourth-order valence-electron chi connectivity index (χ4n) is 4.99. The highest BCUT2D eigenvalue weighted by Crippen LogP contribution is 2.32. The molecule has 0 atom stereocenters. The van der Waals surface area contributed by atoms with Gasteiger partial charge in [-0.05, 0) is 43.9 Å². The van der Waals surface area contributed by atoms with E-state index >= 15 is 0 Å². The number of nitrogens with zero attached hydrogens (tertiary/aromatic N) is 1. The Morgan fingerprint density at radius 2 is 1.50 bits per heavy atom. The first-order valence-electron chi connectivity index (χ1n) is 11.1. The molecule has 0 bridgehead atoms. The molecule has 2 saturated carbocycles. The largest absolute Gasteiger partial charge is 0.478 e. The van der Waals surface area contributed by atoms with Gasteiger partial charge in [0.05, 0.1) is 5.56 Å². The molecule has 2 fully saturated rings. The fourth-order valence-corrected chi connectivity index (χ4v) is 4.99. The summed E-state index contributed by atoms with van der Waals surface area (Å²) < 4.78 is 0. The van der Waals surface area contributed by atoms with E-state index < -0.39 is 17.8 Å². The van der Waals surface area contributed by atoms with Gasteiger partial charge in [-0.2, -0.15) is 0 Å². The zero-order valence-electron chi connectivity index (χ0n) is 17.8. The maximum absolute atomic E-state index is 13.3. The van der Waals surface area contributed by atoms with Crippen molar-refractivity contribution >= 4 is 34.8 Å². The van der Waals surface area contributed by atoms with E-state index in [1.807, 2.05) is 0 Å². The van der Waals surface area contributed by atoms with Crippen LogP contribution in [0.25, 0.3) is 10.8 Å². The quantitative estimate of drug-likeness (QED) is 0.275. The number of amides is 2. The van der Waals surface area contributed by atoms with Gasteiger partial charge < -0.3 is 10.4 Å². The van der Waals surface area contributed by atoms with Gasteiger partial charge in [0.15, 0.2) is 6.29 Å². The summed E-state index contributed by atoms with van der Waals surface area (Å²) in [5.74, 6) is 4.00. The van der Waals surface area contributed by atoms with Crippen molar-refractivity contribution in [2.75, 3.05) is 0 Å². The minimum absolute atomic E-state index is 0.0308. The molecule has 0 aromatic heterocycles. The van der Waals surface area contributed by atoms with Crippen LogP contribution < -0.4 is 11.2 Å². The van der Waals surface area contributed by atoms with Crippen LogP contribution in [0.3, 0.4) is 0 Å². The monoisotopic (exact) mass is 437 g/mol. The van der Waals surface area contributed by atoms with Crippen LogP contribution in [-0.2, 0) is 0 Å². The first-order valence-corrected chi connectivity index (χ1v) is 11.1. The van der Waals surface area contributed by atoms with E-state index in [0.29, 0.717) is 6.29 Å². The predicted octanol–water partition coefficient (Wildman–Crippen LogP) is 3.28. The number of hydrogen-bond acceptors (Lipinski definition) is 5. The van der Waals surface area contributed by atoms with Gasteiger partial charge in [-0.1, -0.05) is 31.7 Å². The molecule has 2 aromatic carbocycles. The number of benzene rings is 2. The Morgan fingerprint density at radius 1 is 0.906 bits per heavy atom. The number of fused-ring (bicyclic) bond motifs is 1. The molecule has 168 valence electrons. The first kappa shape index (κ1) is 22.0. The van der Waals surface area contributed by atoms with Crippen LogP contribution >= 0.6 is 0 Å². The Balaban J connectivity index is 1.87. The second-order valence-electron chi connectivity index (χ2n) is 8.64. The summed E-state index contributed by atoms with van der Waals surface area (Å²) in [6.07, 6.45) is 7.92. The smallest absolute Gasteiger partial charge is 0.336 e. The van der Waals surface area contributed by atoms with Crippen LogP contribution in [0.4, 0.5) is 0 Å². The highest BCUT2D eigenvalue weighted by molar-refractivity contribution is 6.22. The molecule has 0 spiro atoms. The van der Waals surface area contributed by atoms with Crippen molar-refractivity contribution in [3.05, 3.63) is 46.5 Å². The van der Waals surface area contributed by atoms with Gasteiger partial charge in [0.25, 0.3) is 11.8 Å². The third-order valence-corrected chi connectivity index (χ3v) is 6.67. The molecule has 0 radical (unpaired) electrons. The average molecular weight is 437 g/mol. The minimum atomic E-state index is -1.24. The minimum Gasteiger partial charge on any atom is -0.478 e. The Morgan fingerprint density at radius 3 is 2.12 bits per heavy atom. The third-order valence-electron chi connectivity index (χ3n) is 6.67. The molecule has 4 rings (SSSR count). The number of rotatable bonds is 6. The van der Waals surface area contributed by atoms with Crippen molar-refractivity contribution in [3.8, 4) is 0 Å². The lowest BCUT2D eigenvalue weighted by Gasteiger charge is -2.25. The number of carboxylic acid groups (broad SMARTS) is 1. The lowest BCUT2D eigenvalue weighted by molar-refractivity contribution is 0.0676. The second-order valence-corrected chi connectivity index (χ2v) is 8.64. The summed E-state index contributed by atoms with van der Waals surface area (Å²) in [4.78, 5) is 50.3. The summed E-state index contributed by atoms with van der Waals surface area (Å²) in [6, 6.07) is 5.52. The van der Waals surface area contributed by atoms with Crippen molar-refractivity contribution < 1.29 is 24.3 Å². The Labute approximate surface area is 185 Å². The molecule has 2 amide bonds. The zero-order valence-corrected chi connectivity index (χ0v) is 17.8. The molecular weight excluding hydrogens is 410 g/mol. The number of nitrogens with one attached hydrogen (secondary N) is 1. The van der Waals surface area contributed by atoms with Gasteiger partial charge in [0.2, 0.25) is 0 Å². The molecule has 2 aromatic rings. The molecule has 8 nitrogen and oxygen atoms in total. The van der Waals surface area contributed by atoms with E-state index in [4.69, 9.17) is 5.84 Å². The SMILES string of the molecule is NN(C(=O)c1ccc(C(=O)O)c2c(C(=O)NC3CCCC3)ccc(C=O)c12)C1CCCC1. The molecule has 2 aliphatic rings. The normalized spacial score (nSPS) is 16.9. The van der Waals surface area contributed by atoms with Crippen molar-refractivity contribution in [2.45, 2.75) is 63.5 Å². The van der Waals surface area contributed by atoms with E-state index in [1.165, 1.54) is 29.3 Å². The number of carboxylic acids is 1. The molecule has 2 aliphatic carbocycles. The average Bonchev–Trinajstić information content (AvgIpc) is 3.50. The van der Waals surface area contributed by atoms with Crippen LogP contribution in [0.1, 0.15) is 92.8 Å². The van der Waals surface area contributed by atoms with E-state index in [-0.39, 0.29) is 45.1 Å². The lowest BCUT2D eigenvalue weighted by Crippen LogP contribution is -2.44. The number of hydrogen-bond donors (Lipinski definition) is 3. The third kappa shape index (κ3) is 3.98. The van der Waals surface area contributed by atoms with E-state index in [9.17, 15) is 24.3 Å². The van der Waals surface area contributed by atoms with E-state index in [0.717, 1.165) is 51.4 Å². The lowest BCUT2D eigenvalue weighted by atomic mass is 9.91. The van der Waals surface area contributed by atoms with Crippen molar-refractivity contribution in [3.63, 3.8) is 0 Å². The van der Waals surface area contributed by atoms with Gasteiger partial charge in [-0.3, -0.25) is 19.4 Å². The van der Waals surface area contributed by atoms with Crippen molar-refractivity contribution in [2.24, 2.45) is 5.84 Å². The van der Waals surface area contributed by atoms with Gasteiger partial charge in [0.1, 0.15) is 0 Å². The number of aldehydes is 1. The predicted molar refractivity (Wildman–Crippen MR) is 119 cm³/mol. The highest BCUT2D eigenvalue weighted by Gasteiger charge is 2.29. The fraction of sp³-hybridized carbons (Fsp3) is 0.417. The molecule has 8 heteroatoms. The first-order chi connectivity index (χ1) is 15.4. The summed E-state index contributed by atoms with van der Waals surface area (Å²) in [6.45, 7) is 0. The Bertz CT molecular complexity index is 1080. The number of aromatic carboxylic acids is 1. The molecular formula is C24H27N3O5. The molecule has 0 heterocycles. The maximum Gasteiger partial charge on any atom is 0.336 e. The Kier molecular flexibility index (Phi) is 6.23. The van der Waals surface area contributed by atoms with Crippen molar-refractivity contribution in [1.82, 2.24) is 10.3 Å². The van der Waals surface area contributed by atoms with Crippen LogP contribution in [0.2, 0.25) is 0 Å². The number of nitrogens with two attached hydrogens (primary N) is 1. The van der Waals surface area contributed by atoms with Gasteiger partial charge in [-0.25, -0.2) is 10.6 Å². The molecule has 0 aliphatic heterocycles. The topological polar surface area (TPSA) is 130 Å². The number of carbonyl (C=O) groups is 4. The van der Waals surface area contributed by atoms with Crippen LogP contribution in [-0.4, -0.2) is 46.3 Å². The van der Waals surface area contributed by atoms with Gasteiger partial charge in [-0.15, -0.1) is 0 Å². The highest BCUT2D eigenvalue weighted by atomic mass is 16.4. The zero-order chi connectivity index (χ0) is 22.8. The van der Waals surface area contributed by atoms with Crippen LogP contribution in [0.5, 0.6) is 0 Å². The standard InChI is InChI=1S/C24H27N3O5/c25-27(16-7-3-4-8-16)23(30)18-11-12-19(24(31)32)21-17(10-9-14(13-28)20(18)21)22(29)26-15-5-1-2-6-15/h9-13,15-16H,1-8,25H2,(H,26,29)(H,31,32). The summed E-state index contributed by atoms with van der Waals surface area (Å²) in [5, 5.41) is 14.2.